The van der Waals surface area contributed by atoms with Gasteiger partial charge in [-0.15, -0.1) is 0 Å². The van der Waals surface area contributed by atoms with Crippen LogP contribution in [0.4, 0.5) is 0 Å². The van der Waals surface area contributed by atoms with Crippen LogP contribution in [-0.2, 0) is 6.42 Å². The van der Waals surface area contributed by atoms with Gasteiger partial charge in [-0.05, 0) is 18.6 Å². The fraction of sp³-hybridized carbons (Fsp3) is 0.455. The molecular weight excluding hydrogens is 180 g/mol. The quantitative estimate of drug-likeness (QED) is 0.752. The highest BCUT2D eigenvalue weighted by atomic mass is 16.5. The van der Waals surface area contributed by atoms with Crippen LogP contribution >= 0.6 is 0 Å². The molecule has 3 heteroatoms. The lowest BCUT2D eigenvalue weighted by Crippen LogP contribution is -2.15. The van der Waals surface area contributed by atoms with Gasteiger partial charge >= 0.3 is 0 Å². The summed E-state index contributed by atoms with van der Waals surface area (Å²) in [5.41, 5.74) is 2.04. The van der Waals surface area contributed by atoms with Gasteiger partial charge in [-0.25, -0.2) is 0 Å². The monoisotopic (exact) mass is 196 g/mol. The number of hydrogen-bond acceptors (Lipinski definition) is 3. The molecule has 0 aromatic heterocycles. The summed E-state index contributed by atoms with van der Waals surface area (Å²) in [6.07, 6.45) is -0.299. The first-order chi connectivity index (χ1) is 6.67. The second-order valence-corrected chi connectivity index (χ2v) is 3.36. The lowest BCUT2D eigenvalue weighted by Gasteiger charge is -2.12. The van der Waals surface area contributed by atoms with Crippen molar-refractivity contribution >= 4 is 0 Å². The predicted molar refractivity (Wildman–Crippen MR) is 54.5 cm³/mol. The van der Waals surface area contributed by atoms with E-state index < -0.39 is 6.10 Å². The number of methoxy groups -OCH3 is 1. The first-order valence-corrected chi connectivity index (χ1v) is 4.59. The number of aliphatic hydroxyl groups is 2. The molecule has 2 N–H and O–H groups in total. The van der Waals surface area contributed by atoms with E-state index in [9.17, 15) is 5.11 Å². The molecule has 0 aliphatic rings. The van der Waals surface area contributed by atoms with Gasteiger partial charge in [0, 0.05) is 6.42 Å². The SMILES string of the molecule is COc1ccc(C)cc1CC(O)CO. The summed E-state index contributed by atoms with van der Waals surface area (Å²) in [6.45, 7) is 1.76. The molecule has 1 rings (SSSR count). The summed E-state index contributed by atoms with van der Waals surface area (Å²) in [5.74, 6) is 0.753. The number of rotatable bonds is 4. The Morgan fingerprint density at radius 1 is 1.43 bits per heavy atom. The fourth-order valence-corrected chi connectivity index (χ4v) is 1.39. The molecule has 0 aliphatic carbocycles. The van der Waals surface area contributed by atoms with E-state index in [4.69, 9.17) is 9.84 Å². The summed E-state index contributed by atoms with van der Waals surface area (Å²) in [7, 11) is 1.60. The maximum absolute atomic E-state index is 9.32. The van der Waals surface area contributed by atoms with Crippen LogP contribution in [0.2, 0.25) is 0 Å². The van der Waals surface area contributed by atoms with Gasteiger partial charge in [0.25, 0.3) is 0 Å². The average molecular weight is 196 g/mol. The molecule has 0 heterocycles. The van der Waals surface area contributed by atoms with Crippen LogP contribution in [-0.4, -0.2) is 30.0 Å². The van der Waals surface area contributed by atoms with Gasteiger partial charge in [0.1, 0.15) is 5.75 Å². The molecule has 0 amide bonds. The van der Waals surface area contributed by atoms with E-state index in [-0.39, 0.29) is 6.61 Å². The van der Waals surface area contributed by atoms with Gasteiger partial charge in [0.05, 0.1) is 19.8 Å². The lowest BCUT2D eigenvalue weighted by atomic mass is 10.0. The van der Waals surface area contributed by atoms with Crippen molar-refractivity contribution in [1.82, 2.24) is 0 Å². The van der Waals surface area contributed by atoms with Gasteiger partial charge in [0.15, 0.2) is 0 Å². The Hall–Kier alpha value is -1.06. The van der Waals surface area contributed by atoms with Crippen molar-refractivity contribution in [3.8, 4) is 5.75 Å². The Kier molecular flexibility index (Phi) is 3.92. The normalized spacial score (nSPS) is 12.6. The van der Waals surface area contributed by atoms with Crippen LogP contribution in [0.3, 0.4) is 0 Å². The van der Waals surface area contributed by atoms with E-state index in [2.05, 4.69) is 0 Å². The number of benzene rings is 1. The second kappa shape index (κ2) is 4.98. The summed E-state index contributed by atoms with van der Waals surface area (Å²) in [4.78, 5) is 0. The summed E-state index contributed by atoms with van der Waals surface area (Å²) >= 11 is 0. The zero-order chi connectivity index (χ0) is 10.6. The number of ether oxygens (including phenoxy) is 1. The maximum atomic E-state index is 9.32. The second-order valence-electron chi connectivity index (χ2n) is 3.36. The Labute approximate surface area is 84.0 Å². The highest BCUT2D eigenvalue weighted by molar-refractivity contribution is 5.37. The standard InChI is InChI=1S/C11H16O3/c1-8-3-4-11(14-2)9(5-8)6-10(13)7-12/h3-5,10,12-13H,6-7H2,1-2H3. The Morgan fingerprint density at radius 3 is 2.71 bits per heavy atom. The molecule has 0 radical (unpaired) electrons. The highest BCUT2D eigenvalue weighted by Crippen LogP contribution is 2.20. The van der Waals surface area contributed by atoms with Crippen LogP contribution in [0, 0.1) is 6.92 Å². The van der Waals surface area contributed by atoms with Crippen molar-refractivity contribution < 1.29 is 14.9 Å². The molecule has 1 unspecified atom stereocenters. The first-order valence-electron chi connectivity index (χ1n) is 4.59. The first kappa shape index (κ1) is 11.0. The minimum Gasteiger partial charge on any atom is -0.496 e. The van der Waals surface area contributed by atoms with E-state index in [0.717, 1.165) is 16.9 Å². The van der Waals surface area contributed by atoms with E-state index in [0.29, 0.717) is 6.42 Å². The molecule has 0 aliphatic heterocycles. The van der Waals surface area contributed by atoms with Gasteiger partial charge in [0.2, 0.25) is 0 Å². The van der Waals surface area contributed by atoms with Crippen molar-refractivity contribution in [1.29, 1.82) is 0 Å². The molecule has 78 valence electrons. The molecule has 1 aromatic carbocycles. The minimum absolute atomic E-state index is 0.225. The maximum Gasteiger partial charge on any atom is 0.122 e. The molecule has 14 heavy (non-hydrogen) atoms. The molecule has 0 bridgehead atoms. The Balaban J connectivity index is 2.87. The summed E-state index contributed by atoms with van der Waals surface area (Å²) in [5, 5.41) is 18.1. The fourth-order valence-electron chi connectivity index (χ4n) is 1.39. The minimum atomic E-state index is -0.717. The topological polar surface area (TPSA) is 49.7 Å². The third kappa shape index (κ3) is 2.72. The van der Waals surface area contributed by atoms with Crippen molar-refractivity contribution in [3.05, 3.63) is 29.3 Å². The van der Waals surface area contributed by atoms with Gasteiger partial charge in [-0.1, -0.05) is 17.7 Å². The Morgan fingerprint density at radius 2 is 2.14 bits per heavy atom. The molecule has 1 aromatic rings. The van der Waals surface area contributed by atoms with Crippen LogP contribution in [0.15, 0.2) is 18.2 Å². The molecular formula is C11H16O3. The Bertz CT molecular complexity index is 297. The van der Waals surface area contributed by atoms with E-state index in [1.165, 1.54) is 0 Å². The van der Waals surface area contributed by atoms with E-state index in [1.807, 2.05) is 25.1 Å². The van der Waals surface area contributed by atoms with Crippen molar-refractivity contribution in [2.24, 2.45) is 0 Å². The van der Waals surface area contributed by atoms with Crippen LogP contribution in [0.5, 0.6) is 5.75 Å². The number of hydrogen-bond donors (Lipinski definition) is 2. The third-order valence-corrected chi connectivity index (χ3v) is 2.10. The smallest absolute Gasteiger partial charge is 0.122 e. The largest absolute Gasteiger partial charge is 0.496 e. The molecule has 0 saturated carbocycles. The lowest BCUT2D eigenvalue weighted by molar-refractivity contribution is 0.0949. The van der Waals surface area contributed by atoms with Crippen molar-refractivity contribution in [2.75, 3.05) is 13.7 Å². The average Bonchev–Trinajstić information content (AvgIpc) is 2.18. The van der Waals surface area contributed by atoms with Gasteiger partial charge in [-0.2, -0.15) is 0 Å². The van der Waals surface area contributed by atoms with Gasteiger partial charge in [-0.3, -0.25) is 0 Å². The van der Waals surface area contributed by atoms with Crippen LogP contribution in [0.25, 0.3) is 0 Å². The molecule has 1 atom stereocenters. The zero-order valence-electron chi connectivity index (χ0n) is 8.53. The van der Waals surface area contributed by atoms with Crippen LogP contribution in [0.1, 0.15) is 11.1 Å². The molecule has 0 saturated heterocycles. The van der Waals surface area contributed by atoms with Gasteiger partial charge < -0.3 is 14.9 Å². The van der Waals surface area contributed by atoms with Crippen molar-refractivity contribution in [2.45, 2.75) is 19.4 Å². The predicted octanol–water partition coefficient (Wildman–Crippen LogP) is 0.899. The molecule has 3 nitrogen and oxygen atoms in total. The van der Waals surface area contributed by atoms with E-state index >= 15 is 0 Å². The van der Waals surface area contributed by atoms with Crippen LogP contribution < -0.4 is 4.74 Å². The molecule has 0 fully saturated rings. The summed E-state index contributed by atoms with van der Waals surface area (Å²) in [6, 6.07) is 5.78. The zero-order valence-corrected chi connectivity index (χ0v) is 8.53. The highest BCUT2D eigenvalue weighted by Gasteiger charge is 2.08. The third-order valence-electron chi connectivity index (χ3n) is 2.10. The number of aryl methyl sites for hydroxylation is 1. The number of aliphatic hydroxyl groups excluding tert-OH is 2. The van der Waals surface area contributed by atoms with E-state index in [1.54, 1.807) is 7.11 Å². The van der Waals surface area contributed by atoms with Crippen molar-refractivity contribution in [3.63, 3.8) is 0 Å². The summed E-state index contributed by atoms with van der Waals surface area (Å²) < 4.78 is 5.15. The molecule has 0 spiro atoms.